The third kappa shape index (κ3) is 4.37. The first-order valence-electron chi connectivity index (χ1n) is 9.08. The average molecular weight is 329 g/mol. The van der Waals surface area contributed by atoms with E-state index >= 15 is 0 Å². The van der Waals surface area contributed by atoms with Gasteiger partial charge in [-0.1, -0.05) is 30.7 Å². The highest BCUT2D eigenvalue weighted by atomic mass is 16.5. The number of aryl methyl sites for hydroxylation is 1. The van der Waals surface area contributed by atoms with Gasteiger partial charge in [0.2, 0.25) is 0 Å². The Morgan fingerprint density at radius 2 is 2.04 bits per heavy atom. The van der Waals surface area contributed by atoms with Gasteiger partial charge < -0.3 is 10.1 Å². The minimum atomic E-state index is -0.221. The summed E-state index contributed by atoms with van der Waals surface area (Å²) in [7, 11) is 0. The summed E-state index contributed by atoms with van der Waals surface area (Å²) in [5.41, 5.74) is 2.45. The van der Waals surface area contributed by atoms with E-state index in [1.807, 2.05) is 12.1 Å². The highest BCUT2D eigenvalue weighted by Crippen LogP contribution is 2.49. The number of rotatable bonds is 7. The summed E-state index contributed by atoms with van der Waals surface area (Å²) >= 11 is 0. The van der Waals surface area contributed by atoms with Gasteiger partial charge in [-0.2, -0.15) is 0 Å². The van der Waals surface area contributed by atoms with Crippen molar-refractivity contribution in [3.63, 3.8) is 0 Å². The molecule has 3 atom stereocenters. The smallest absolute Gasteiger partial charge is 0.306 e. The van der Waals surface area contributed by atoms with Crippen LogP contribution in [0.15, 0.2) is 24.3 Å². The third-order valence-electron chi connectivity index (χ3n) is 5.66. The molecule has 0 aromatic heterocycles. The van der Waals surface area contributed by atoms with Gasteiger partial charge in [-0.25, -0.2) is 0 Å². The van der Waals surface area contributed by atoms with Crippen LogP contribution in [0.25, 0.3) is 0 Å². The van der Waals surface area contributed by atoms with Crippen molar-refractivity contribution in [1.82, 2.24) is 5.32 Å². The molecule has 2 saturated carbocycles. The average Bonchev–Trinajstić information content (AvgIpc) is 3.17. The first-order chi connectivity index (χ1) is 11.6. The quantitative estimate of drug-likeness (QED) is 0.782. The van der Waals surface area contributed by atoms with E-state index in [-0.39, 0.29) is 18.5 Å². The standard InChI is InChI=1S/C20H27NO3/c1-14-4-2-3-5-16(14)8-9-21-19(22)13-24-20(23)12-18-11-15-6-7-17(18)10-15/h2-5,15,17-18H,6-13H2,1H3,(H,21,22)/t15-,17+,18+/m0/s1. The van der Waals surface area contributed by atoms with Gasteiger partial charge in [0.05, 0.1) is 0 Å². The molecule has 0 heterocycles. The maximum absolute atomic E-state index is 11.9. The first-order valence-corrected chi connectivity index (χ1v) is 9.08. The van der Waals surface area contributed by atoms with Crippen molar-refractivity contribution in [3.05, 3.63) is 35.4 Å². The Balaban J connectivity index is 1.31. The number of benzene rings is 1. The molecule has 1 aromatic rings. The van der Waals surface area contributed by atoms with Crippen molar-refractivity contribution in [1.29, 1.82) is 0 Å². The second-order valence-electron chi connectivity index (χ2n) is 7.33. The van der Waals surface area contributed by atoms with Crippen molar-refractivity contribution < 1.29 is 14.3 Å². The number of amides is 1. The van der Waals surface area contributed by atoms with E-state index in [9.17, 15) is 9.59 Å². The van der Waals surface area contributed by atoms with E-state index in [2.05, 4.69) is 24.4 Å². The summed E-state index contributed by atoms with van der Waals surface area (Å²) in [4.78, 5) is 23.7. The summed E-state index contributed by atoms with van der Waals surface area (Å²) in [5.74, 6) is 1.59. The van der Waals surface area contributed by atoms with Crippen LogP contribution in [0.3, 0.4) is 0 Å². The molecule has 3 rings (SSSR count). The van der Waals surface area contributed by atoms with Gasteiger partial charge in [0.15, 0.2) is 6.61 Å². The zero-order valence-electron chi connectivity index (χ0n) is 14.4. The van der Waals surface area contributed by atoms with Crippen molar-refractivity contribution in [2.24, 2.45) is 17.8 Å². The van der Waals surface area contributed by atoms with Crippen LogP contribution in [0.2, 0.25) is 0 Å². The summed E-state index contributed by atoms with van der Waals surface area (Å²) in [6.07, 6.45) is 6.33. The van der Waals surface area contributed by atoms with Crippen LogP contribution in [0.4, 0.5) is 0 Å². The SMILES string of the molecule is Cc1ccccc1CCNC(=O)COC(=O)C[C@H]1C[C@H]2CC[C@@H]1C2. The second-order valence-corrected chi connectivity index (χ2v) is 7.33. The van der Waals surface area contributed by atoms with E-state index in [1.54, 1.807) is 0 Å². The van der Waals surface area contributed by atoms with Crippen LogP contribution in [0.1, 0.15) is 43.2 Å². The minimum absolute atomic E-state index is 0.159. The molecule has 1 amide bonds. The maximum Gasteiger partial charge on any atom is 0.306 e. The van der Waals surface area contributed by atoms with Crippen molar-refractivity contribution in [3.8, 4) is 0 Å². The van der Waals surface area contributed by atoms with E-state index in [1.165, 1.54) is 36.8 Å². The number of ether oxygens (including phenoxy) is 1. The molecule has 0 saturated heterocycles. The molecule has 2 bridgehead atoms. The Kier molecular flexibility index (Phi) is 5.54. The molecule has 4 nitrogen and oxygen atoms in total. The van der Waals surface area contributed by atoms with Crippen LogP contribution in [0, 0.1) is 24.7 Å². The highest BCUT2D eigenvalue weighted by Gasteiger charge is 2.40. The molecule has 130 valence electrons. The minimum Gasteiger partial charge on any atom is -0.456 e. The fourth-order valence-corrected chi connectivity index (χ4v) is 4.32. The fourth-order valence-electron chi connectivity index (χ4n) is 4.32. The zero-order chi connectivity index (χ0) is 16.9. The number of carbonyl (C=O) groups is 2. The lowest BCUT2D eigenvalue weighted by molar-refractivity contribution is -0.149. The van der Waals surface area contributed by atoms with Crippen LogP contribution in [0.5, 0.6) is 0 Å². The Bertz CT molecular complexity index is 598. The molecule has 2 aliphatic carbocycles. The molecule has 1 aromatic carbocycles. The van der Waals surface area contributed by atoms with Crippen molar-refractivity contribution in [2.75, 3.05) is 13.2 Å². The maximum atomic E-state index is 11.9. The van der Waals surface area contributed by atoms with E-state index < -0.39 is 0 Å². The Labute approximate surface area is 144 Å². The summed E-state index contributed by atoms with van der Waals surface area (Å²) in [6, 6.07) is 8.14. The van der Waals surface area contributed by atoms with Crippen molar-refractivity contribution >= 4 is 11.9 Å². The lowest BCUT2D eigenvalue weighted by Gasteiger charge is -2.20. The zero-order valence-corrected chi connectivity index (χ0v) is 14.4. The van der Waals surface area contributed by atoms with Gasteiger partial charge in [0.25, 0.3) is 5.91 Å². The first kappa shape index (κ1) is 17.0. The van der Waals surface area contributed by atoms with Crippen molar-refractivity contribution in [2.45, 2.75) is 45.4 Å². The van der Waals surface area contributed by atoms with Gasteiger partial charge in [0.1, 0.15) is 0 Å². The Hall–Kier alpha value is -1.84. The molecule has 0 radical (unpaired) electrons. The Morgan fingerprint density at radius 3 is 2.75 bits per heavy atom. The fraction of sp³-hybridized carbons (Fsp3) is 0.600. The number of esters is 1. The van der Waals surface area contributed by atoms with Crippen LogP contribution < -0.4 is 5.32 Å². The summed E-state index contributed by atoms with van der Waals surface area (Å²) in [6.45, 7) is 2.47. The lowest BCUT2D eigenvalue weighted by Crippen LogP contribution is -2.31. The molecule has 2 aliphatic rings. The number of hydrogen-bond acceptors (Lipinski definition) is 3. The predicted octanol–water partition coefficient (Wildman–Crippen LogP) is 3.02. The third-order valence-corrected chi connectivity index (χ3v) is 5.66. The monoisotopic (exact) mass is 329 g/mol. The number of nitrogens with one attached hydrogen (secondary N) is 1. The molecule has 0 aliphatic heterocycles. The molecular weight excluding hydrogens is 302 g/mol. The predicted molar refractivity (Wildman–Crippen MR) is 92.4 cm³/mol. The summed E-state index contributed by atoms with van der Waals surface area (Å²) in [5, 5.41) is 2.82. The molecule has 0 unspecified atom stereocenters. The van der Waals surface area contributed by atoms with Gasteiger partial charge in [-0.05, 0) is 61.5 Å². The van der Waals surface area contributed by atoms with E-state index in [4.69, 9.17) is 4.74 Å². The Morgan fingerprint density at radius 1 is 1.21 bits per heavy atom. The van der Waals surface area contributed by atoms with Crippen LogP contribution >= 0.6 is 0 Å². The molecule has 2 fully saturated rings. The second kappa shape index (κ2) is 7.82. The number of carbonyl (C=O) groups excluding carboxylic acids is 2. The van der Waals surface area contributed by atoms with Crippen LogP contribution in [-0.4, -0.2) is 25.0 Å². The molecule has 0 spiro atoms. The van der Waals surface area contributed by atoms with E-state index in [0.29, 0.717) is 24.8 Å². The topological polar surface area (TPSA) is 55.4 Å². The normalized spacial score (nSPS) is 24.8. The van der Waals surface area contributed by atoms with E-state index in [0.717, 1.165) is 12.3 Å². The molecule has 4 heteroatoms. The largest absolute Gasteiger partial charge is 0.456 e. The van der Waals surface area contributed by atoms with Gasteiger partial charge >= 0.3 is 5.97 Å². The number of fused-ring (bicyclic) bond motifs is 2. The number of hydrogen-bond donors (Lipinski definition) is 1. The highest BCUT2D eigenvalue weighted by molar-refractivity contribution is 5.80. The lowest BCUT2D eigenvalue weighted by atomic mass is 9.86. The molecular formula is C20H27NO3. The van der Waals surface area contributed by atoms with Gasteiger partial charge in [0, 0.05) is 13.0 Å². The van der Waals surface area contributed by atoms with Gasteiger partial charge in [-0.3, -0.25) is 9.59 Å². The van der Waals surface area contributed by atoms with Crippen LogP contribution in [-0.2, 0) is 20.7 Å². The summed E-state index contributed by atoms with van der Waals surface area (Å²) < 4.78 is 5.15. The molecule has 1 N–H and O–H groups in total. The molecule has 24 heavy (non-hydrogen) atoms. The van der Waals surface area contributed by atoms with Gasteiger partial charge in [-0.15, -0.1) is 0 Å².